The van der Waals surface area contributed by atoms with Crippen molar-refractivity contribution in [2.75, 3.05) is 6.61 Å². The van der Waals surface area contributed by atoms with Crippen molar-refractivity contribution in [2.45, 2.75) is 26.3 Å². The average molecular weight is 421 g/mol. The van der Waals surface area contributed by atoms with Crippen LogP contribution < -0.4 is 10.3 Å². The first-order chi connectivity index (χ1) is 15.0. The number of hydrogen-bond acceptors (Lipinski definition) is 3. The van der Waals surface area contributed by atoms with E-state index in [1.807, 2.05) is 24.3 Å². The number of nitrogens with zero attached hydrogens (tertiary/aromatic N) is 3. The van der Waals surface area contributed by atoms with E-state index in [9.17, 15) is 13.6 Å². The van der Waals surface area contributed by atoms with E-state index < -0.39 is 11.6 Å². The van der Waals surface area contributed by atoms with Gasteiger partial charge in [0.1, 0.15) is 17.4 Å². The van der Waals surface area contributed by atoms with Crippen LogP contribution in [0.5, 0.6) is 5.75 Å². The lowest BCUT2D eigenvalue weighted by molar-refractivity contribution is 0.300. The highest BCUT2D eigenvalue weighted by Crippen LogP contribution is 2.30. The van der Waals surface area contributed by atoms with E-state index in [0.29, 0.717) is 23.1 Å². The van der Waals surface area contributed by atoms with Crippen LogP contribution in [0.4, 0.5) is 8.78 Å². The molecule has 2 aromatic carbocycles. The third-order valence-corrected chi connectivity index (χ3v) is 5.63. The zero-order valence-corrected chi connectivity index (χ0v) is 17.0. The summed E-state index contributed by atoms with van der Waals surface area (Å²) in [6.07, 6.45) is 4.10. The van der Waals surface area contributed by atoms with E-state index in [2.05, 4.69) is 4.98 Å². The van der Waals surface area contributed by atoms with Crippen molar-refractivity contribution >= 4 is 5.78 Å². The molecule has 1 aliphatic rings. The molecular formula is C24H21F2N3O2. The summed E-state index contributed by atoms with van der Waals surface area (Å²) < 4.78 is 37.2. The summed E-state index contributed by atoms with van der Waals surface area (Å²) in [7, 11) is 0. The van der Waals surface area contributed by atoms with Gasteiger partial charge < -0.3 is 9.30 Å². The third-order valence-electron chi connectivity index (χ3n) is 5.63. The van der Waals surface area contributed by atoms with Crippen LogP contribution in [0.15, 0.2) is 59.5 Å². The quantitative estimate of drug-likeness (QED) is 0.458. The first-order valence-electron chi connectivity index (χ1n) is 10.3. The average Bonchev–Trinajstić information content (AvgIpc) is 3.48. The normalized spacial score (nSPS) is 13.6. The highest BCUT2D eigenvalue weighted by molar-refractivity contribution is 5.62. The van der Waals surface area contributed by atoms with Crippen molar-refractivity contribution in [3.63, 3.8) is 0 Å². The monoisotopic (exact) mass is 421 g/mol. The number of rotatable bonds is 6. The fourth-order valence-corrected chi connectivity index (χ4v) is 3.60. The van der Waals surface area contributed by atoms with Gasteiger partial charge in [0, 0.05) is 29.1 Å². The molecule has 2 aromatic heterocycles. The second-order valence-electron chi connectivity index (χ2n) is 7.99. The molecule has 0 amide bonds. The summed E-state index contributed by atoms with van der Waals surface area (Å²) in [6.45, 7) is 2.39. The number of hydrogen-bond donors (Lipinski definition) is 0. The molecule has 0 unspecified atom stereocenters. The van der Waals surface area contributed by atoms with Gasteiger partial charge in [-0.1, -0.05) is 6.07 Å². The van der Waals surface area contributed by atoms with Crippen LogP contribution in [0.25, 0.3) is 17.0 Å². The number of aryl methyl sites for hydroxylation is 1. The van der Waals surface area contributed by atoms with Gasteiger partial charge in [0.15, 0.2) is 0 Å². The molecule has 1 aliphatic carbocycles. The minimum Gasteiger partial charge on any atom is -0.493 e. The van der Waals surface area contributed by atoms with Gasteiger partial charge in [-0.05, 0) is 62.1 Å². The standard InChI is InChI=1S/C24H21F2N3O2/c1-15-11-23(30)29-13-22(17-7-9-18(10-8-17)31-14-16-5-6-16)27-24(29)28(15)12-19-20(25)3-2-4-21(19)26/h2-4,7-11,13,16H,5-6,12,14H2,1H3. The molecule has 0 aliphatic heterocycles. The van der Waals surface area contributed by atoms with Crippen molar-refractivity contribution in [2.24, 2.45) is 5.92 Å². The summed E-state index contributed by atoms with van der Waals surface area (Å²) in [4.78, 5) is 17.1. The van der Waals surface area contributed by atoms with E-state index >= 15 is 0 Å². The topological polar surface area (TPSA) is 48.5 Å². The summed E-state index contributed by atoms with van der Waals surface area (Å²) in [5.41, 5.74) is 1.67. The third kappa shape index (κ3) is 3.83. The van der Waals surface area contributed by atoms with E-state index in [1.54, 1.807) is 17.7 Å². The molecular weight excluding hydrogens is 400 g/mol. The SMILES string of the molecule is Cc1cc(=O)n2cc(-c3ccc(OCC4CC4)cc3)nc2n1Cc1c(F)cccc1F. The fourth-order valence-electron chi connectivity index (χ4n) is 3.60. The minimum atomic E-state index is -0.634. The van der Waals surface area contributed by atoms with Crippen LogP contribution in [0, 0.1) is 24.5 Å². The van der Waals surface area contributed by atoms with Crippen LogP contribution in [0.3, 0.4) is 0 Å². The molecule has 0 spiro atoms. The second-order valence-corrected chi connectivity index (χ2v) is 7.99. The molecule has 7 heteroatoms. The first-order valence-corrected chi connectivity index (χ1v) is 10.3. The Morgan fingerprint density at radius 1 is 1.10 bits per heavy atom. The van der Waals surface area contributed by atoms with Gasteiger partial charge in [-0.2, -0.15) is 0 Å². The number of ether oxygens (including phenoxy) is 1. The van der Waals surface area contributed by atoms with Crippen LogP contribution in [0.1, 0.15) is 24.1 Å². The maximum atomic E-state index is 14.2. The Bertz CT molecular complexity index is 1300. The highest BCUT2D eigenvalue weighted by Gasteiger charge is 2.22. The maximum absolute atomic E-state index is 14.2. The lowest BCUT2D eigenvalue weighted by Crippen LogP contribution is -2.20. The zero-order valence-electron chi connectivity index (χ0n) is 17.0. The maximum Gasteiger partial charge on any atom is 0.259 e. The fraction of sp³-hybridized carbons (Fsp3) is 0.250. The Balaban J connectivity index is 1.52. The Hall–Kier alpha value is -3.48. The summed E-state index contributed by atoms with van der Waals surface area (Å²) in [5.74, 6) is 0.530. The van der Waals surface area contributed by atoms with Crippen molar-refractivity contribution in [3.8, 4) is 17.0 Å². The number of benzene rings is 2. The number of imidazole rings is 1. The molecule has 0 saturated heterocycles. The molecule has 2 heterocycles. The van der Waals surface area contributed by atoms with Gasteiger partial charge in [-0.15, -0.1) is 0 Å². The van der Waals surface area contributed by atoms with Gasteiger partial charge in [0.2, 0.25) is 5.78 Å². The number of aromatic nitrogens is 3. The lowest BCUT2D eigenvalue weighted by Gasteiger charge is -2.13. The van der Waals surface area contributed by atoms with Gasteiger partial charge in [0.05, 0.1) is 18.8 Å². The van der Waals surface area contributed by atoms with Crippen molar-refractivity contribution in [3.05, 3.63) is 88.0 Å². The smallest absolute Gasteiger partial charge is 0.259 e. The van der Waals surface area contributed by atoms with Gasteiger partial charge in [-0.25, -0.2) is 13.8 Å². The molecule has 5 nitrogen and oxygen atoms in total. The number of halogens is 2. The van der Waals surface area contributed by atoms with Gasteiger partial charge in [0.25, 0.3) is 5.56 Å². The predicted molar refractivity (Wildman–Crippen MR) is 113 cm³/mol. The molecule has 1 saturated carbocycles. The van der Waals surface area contributed by atoms with Gasteiger partial charge >= 0.3 is 0 Å². The van der Waals surface area contributed by atoms with E-state index in [4.69, 9.17) is 4.74 Å². The molecule has 31 heavy (non-hydrogen) atoms. The molecule has 0 N–H and O–H groups in total. The Morgan fingerprint density at radius 2 is 1.81 bits per heavy atom. The predicted octanol–water partition coefficient (Wildman–Crippen LogP) is 4.59. The molecule has 1 fully saturated rings. The van der Waals surface area contributed by atoms with Gasteiger partial charge in [-0.3, -0.25) is 9.20 Å². The van der Waals surface area contributed by atoms with Crippen LogP contribution in [-0.2, 0) is 6.54 Å². The molecule has 4 aromatic rings. The first kappa shape index (κ1) is 19.5. The minimum absolute atomic E-state index is 0.0709. The van der Waals surface area contributed by atoms with Crippen molar-refractivity contribution in [1.82, 2.24) is 14.0 Å². The summed E-state index contributed by atoms with van der Waals surface area (Å²) in [6, 6.07) is 12.8. The largest absolute Gasteiger partial charge is 0.493 e. The van der Waals surface area contributed by atoms with Crippen molar-refractivity contribution in [1.29, 1.82) is 0 Å². The van der Waals surface area contributed by atoms with E-state index in [1.165, 1.54) is 41.5 Å². The zero-order chi connectivity index (χ0) is 21.5. The van der Waals surface area contributed by atoms with E-state index in [0.717, 1.165) is 17.9 Å². The second kappa shape index (κ2) is 7.65. The Kier molecular flexibility index (Phi) is 4.81. The van der Waals surface area contributed by atoms with Crippen molar-refractivity contribution < 1.29 is 13.5 Å². The van der Waals surface area contributed by atoms with E-state index in [-0.39, 0.29) is 17.7 Å². The lowest BCUT2D eigenvalue weighted by atomic mass is 10.2. The van der Waals surface area contributed by atoms with Crippen LogP contribution >= 0.6 is 0 Å². The number of fused-ring (bicyclic) bond motifs is 1. The summed E-state index contributed by atoms with van der Waals surface area (Å²) in [5, 5.41) is 0. The Labute approximate surface area is 177 Å². The summed E-state index contributed by atoms with van der Waals surface area (Å²) >= 11 is 0. The Morgan fingerprint density at radius 3 is 2.48 bits per heavy atom. The molecule has 0 atom stereocenters. The van der Waals surface area contributed by atoms with Crippen LogP contribution in [0.2, 0.25) is 0 Å². The molecule has 5 rings (SSSR count). The molecule has 158 valence electrons. The molecule has 0 bridgehead atoms. The highest BCUT2D eigenvalue weighted by atomic mass is 19.1. The van der Waals surface area contributed by atoms with Crippen LogP contribution in [-0.4, -0.2) is 20.6 Å². The molecule has 0 radical (unpaired) electrons.